The number of benzene rings is 5. The molecule has 0 aliphatic heterocycles. The molecule has 1 aliphatic rings. The number of rotatable bonds is 2. The maximum Gasteiger partial charge on any atom is 0.136 e. The molecule has 0 N–H and O–H groups in total. The van der Waals surface area contributed by atoms with Gasteiger partial charge in [0.1, 0.15) is 11.2 Å². The van der Waals surface area contributed by atoms with Crippen LogP contribution >= 0.6 is 0 Å². The average Bonchev–Trinajstić information content (AvgIpc) is 3.20. The van der Waals surface area contributed by atoms with E-state index in [1.54, 1.807) is 0 Å². The molecule has 7 rings (SSSR count). The van der Waals surface area contributed by atoms with Gasteiger partial charge in [-0.25, -0.2) is 0 Å². The Balaban J connectivity index is 1.82. The van der Waals surface area contributed by atoms with Gasteiger partial charge in [-0.05, 0) is 45.5 Å². The van der Waals surface area contributed by atoms with E-state index in [4.69, 9.17) is 4.42 Å². The van der Waals surface area contributed by atoms with Crippen LogP contribution in [0.3, 0.4) is 0 Å². The molecule has 0 saturated heterocycles. The Morgan fingerprint density at radius 1 is 0.406 bits per heavy atom. The fourth-order valence-electron chi connectivity index (χ4n) is 5.76. The molecule has 0 unspecified atom stereocenters. The highest BCUT2D eigenvalue weighted by molar-refractivity contribution is 6.16. The van der Waals surface area contributed by atoms with Gasteiger partial charge in [0.25, 0.3) is 0 Å². The minimum atomic E-state index is -0.464. The number of hydrogen-bond acceptors (Lipinski definition) is 1. The second kappa shape index (κ2) is 6.45. The van der Waals surface area contributed by atoms with Gasteiger partial charge in [0.15, 0.2) is 0 Å². The quantitative estimate of drug-likeness (QED) is 0.283. The van der Waals surface area contributed by atoms with Crippen molar-refractivity contribution < 1.29 is 4.42 Å². The van der Waals surface area contributed by atoms with Crippen molar-refractivity contribution in [3.05, 3.63) is 144 Å². The van der Waals surface area contributed by atoms with Crippen LogP contribution in [0.5, 0.6) is 0 Å². The third kappa shape index (κ3) is 2.13. The first-order chi connectivity index (χ1) is 15.9. The van der Waals surface area contributed by atoms with Gasteiger partial charge in [-0.1, -0.05) is 109 Å². The van der Waals surface area contributed by atoms with Gasteiger partial charge >= 0.3 is 0 Å². The van der Waals surface area contributed by atoms with Gasteiger partial charge in [0.05, 0.1) is 5.41 Å². The van der Waals surface area contributed by atoms with E-state index in [1.165, 1.54) is 44.2 Å². The first-order valence-corrected chi connectivity index (χ1v) is 11.0. The zero-order valence-corrected chi connectivity index (χ0v) is 17.5. The summed E-state index contributed by atoms with van der Waals surface area (Å²) in [5.41, 5.74) is 8.99. The predicted octanol–water partition coefficient (Wildman–Crippen LogP) is 7.95. The molecule has 32 heavy (non-hydrogen) atoms. The first-order valence-electron chi connectivity index (χ1n) is 11.0. The molecule has 6 aromatic rings. The fourth-order valence-corrected chi connectivity index (χ4v) is 5.76. The van der Waals surface area contributed by atoms with Gasteiger partial charge < -0.3 is 4.42 Å². The summed E-state index contributed by atoms with van der Waals surface area (Å²) in [7, 11) is 0. The van der Waals surface area contributed by atoms with Crippen molar-refractivity contribution in [1.29, 1.82) is 0 Å². The minimum Gasteiger partial charge on any atom is -0.456 e. The van der Waals surface area contributed by atoms with Crippen molar-refractivity contribution in [3.63, 3.8) is 0 Å². The Labute approximate surface area is 186 Å². The lowest BCUT2D eigenvalue weighted by Gasteiger charge is -2.37. The number of furan rings is 1. The number of hydrogen-bond donors (Lipinski definition) is 0. The van der Waals surface area contributed by atoms with Gasteiger partial charge in [0, 0.05) is 10.8 Å². The Morgan fingerprint density at radius 2 is 0.938 bits per heavy atom. The van der Waals surface area contributed by atoms with E-state index in [9.17, 15) is 0 Å². The van der Waals surface area contributed by atoms with Gasteiger partial charge in [-0.2, -0.15) is 0 Å². The molecule has 1 nitrogen and oxygen atoms in total. The van der Waals surface area contributed by atoms with Crippen molar-refractivity contribution in [1.82, 2.24) is 0 Å². The summed E-state index contributed by atoms with van der Waals surface area (Å²) in [6.45, 7) is 0. The van der Waals surface area contributed by atoms with E-state index in [0.29, 0.717) is 0 Å². The standard InChI is InChI=1S/C31H20O/c1-3-11-21(12-4-1)31(22-13-5-2-6-14-22)25-17-8-7-15-23(25)24-16-9-19-27-29(24)30-26(31)18-10-20-28(30)32-27/h1-20H. The molecule has 150 valence electrons. The molecule has 0 saturated carbocycles. The summed E-state index contributed by atoms with van der Waals surface area (Å²) in [5.74, 6) is 0. The zero-order chi connectivity index (χ0) is 21.1. The van der Waals surface area contributed by atoms with Gasteiger partial charge in [0.2, 0.25) is 0 Å². The molecule has 0 fully saturated rings. The topological polar surface area (TPSA) is 13.1 Å². The van der Waals surface area contributed by atoms with Crippen LogP contribution in [0.2, 0.25) is 0 Å². The molecule has 1 aliphatic carbocycles. The lowest BCUT2D eigenvalue weighted by atomic mass is 9.64. The van der Waals surface area contributed by atoms with Gasteiger partial charge in [-0.15, -0.1) is 0 Å². The summed E-state index contributed by atoms with van der Waals surface area (Å²) in [6.07, 6.45) is 0. The predicted molar refractivity (Wildman–Crippen MR) is 131 cm³/mol. The van der Waals surface area contributed by atoms with Crippen LogP contribution in [-0.4, -0.2) is 0 Å². The second-order valence-corrected chi connectivity index (χ2v) is 8.49. The molecule has 5 aromatic carbocycles. The van der Waals surface area contributed by atoms with Crippen LogP contribution in [0, 0.1) is 0 Å². The van der Waals surface area contributed by atoms with E-state index in [-0.39, 0.29) is 0 Å². The third-order valence-electron chi connectivity index (χ3n) is 6.96. The lowest BCUT2D eigenvalue weighted by Crippen LogP contribution is -2.31. The van der Waals surface area contributed by atoms with Crippen molar-refractivity contribution in [2.24, 2.45) is 0 Å². The van der Waals surface area contributed by atoms with Crippen LogP contribution < -0.4 is 0 Å². The Morgan fingerprint density at radius 3 is 1.66 bits per heavy atom. The SMILES string of the molecule is c1ccc(C2(c3ccccc3)c3ccccc3-c3cccc4oc5cccc2c5c34)cc1. The third-order valence-corrected chi connectivity index (χ3v) is 6.96. The van der Waals surface area contributed by atoms with Crippen LogP contribution in [0.15, 0.2) is 126 Å². The Hall–Kier alpha value is -4.10. The molecule has 0 atom stereocenters. The zero-order valence-electron chi connectivity index (χ0n) is 17.5. The highest BCUT2D eigenvalue weighted by Gasteiger charge is 2.43. The maximum absolute atomic E-state index is 6.39. The fraction of sp³-hybridized carbons (Fsp3) is 0.0323. The van der Waals surface area contributed by atoms with Crippen molar-refractivity contribution in [2.45, 2.75) is 5.41 Å². The molecule has 0 radical (unpaired) electrons. The van der Waals surface area contributed by atoms with E-state index in [1.807, 2.05) is 0 Å². The summed E-state index contributed by atoms with van der Waals surface area (Å²) in [4.78, 5) is 0. The summed E-state index contributed by atoms with van der Waals surface area (Å²) in [5, 5.41) is 2.42. The molecule has 1 aromatic heterocycles. The summed E-state index contributed by atoms with van der Waals surface area (Å²) < 4.78 is 6.39. The van der Waals surface area contributed by atoms with Gasteiger partial charge in [-0.3, -0.25) is 0 Å². The molecule has 0 bridgehead atoms. The van der Waals surface area contributed by atoms with E-state index >= 15 is 0 Å². The van der Waals surface area contributed by atoms with Crippen molar-refractivity contribution >= 4 is 21.9 Å². The van der Waals surface area contributed by atoms with Crippen molar-refractivity contribution in [3.8, 4) is 11.1 Å². The Kier molecular flexibility index (Phi) is 3.54. The highest BCUT2D eigenvalue weighted by atomic mass is 16.3. The average molecular weight is 409 g/mol. The normalized spacial score (nSPS) is 13.9. The van der Waals surface area contributed by atoms with Crippen molar-refractivity contribution in [2.75, 3.05) is 0 Å². The molecule has 1 heteroatoms. The molecular weight excluding hydrogens is 388 g/mol. The highest BCUT2D eigenvalue weighted by Crippen LogP contribution is 2.55. The van der Waals surface area contributed by atoms with E-state index < -0.39 is 5.41 Å². The molecule has 1 heterocycles. The minimum absolute atomic E-state index is 0.464. The molecule has 0 spiro atoms. The van der Waals surface area contributed by atoms with Crippen LogP contribution in [0.25, 0.3) is 33.1 Å². The summed E-state index contributed by atoms with van der Waals surface area (Å²) >= 11 is 0. The van der Waals surface area contributed by atoms with Crippen LogP contribution in [0.1, 0.15) is 22.3 Å². The summed E-state index contributed by atoms with van der Waals surface area (Å²) in [6, 6.07) is 43.6. The maximum atomic E-state index is 6.39. The molecular formula is C31H20O. The lowest BCUT2D eigenvalue weighted by molar-refractivity contribution is 0.667. The smallest absolute Gasteiger partial charge is 0.136 e. The largest absolute Gasteiger partial charge is 0.456 e. The van der Waals surface area contributed by atoms with Crippen LogP contribution in [-0.2, 0) is 5.41 Å². The Bertz CT molecular complexity index is 1570. The van der Waals surface area contributed by atoms with E-state index in [0.717, 1.165) is 11.2 Å². The number of fused-ring (bicyclic) bond motifs is 2. The second-order valence-electron chi connectivity index (χ2n) is 8.49. The van der Waals surface area contributed by atoms with Crippen LogP contribution in [0.4, 0.5) is 0 Å². The monoisotopic (exact) mass is 408 g/mol. The molecule has 0 amide bonds. The first kappa shape index (κ1) is 17.6. The van der Waals surface area contributed by atoms with E-state index in [2.05, 4.69) is 121 Å².